The summed E-state index contributed by atoms with van der Waals surface area (Å²) in [5.74, 6) is -0.251. The Morgan fingerprint density at radius 2 is 1.95 bits per heavy atom. The summed E-state index contributed by atoms with van der Waals surface area (Å²) in [7, 11) is 0. The largest absolute Gasteiger partial charge is 0.310 e. The summed E-state index contributed by atoms with van der Waals surface area (Å²) >= 11 is 5.54. The van der Waals surface area contributed by atoms with E-state index in [2.05, 4.69) is 15.9 Å². The van der Waals surface area contributed by atoms with Gasteiger partial charge in [0.2, 0.25) is 0 Å². The van der Waals surface area contributed by atoms with Gasteiger partial charge >= 0.3 is 4.87 Å². The molecule has 106 valence electrons. The minimum absolute atomic E-state index is 0.238. The molecule has 0 saturated carbocycles. The number of rotatable bonds is 3. The van der Waals surface area contributed by atoms with Crippen LogP contribution < -0.4 is 10.4 Å². The van der Waals surface area contributed by atoms with E-state index in [1.807, 2.05) is 0 Å². The van der Waals surface area contributed by atoms with Crippen LogP contribution >= 0.6 is 38.6 Å². The standard InChI is InChI=1S/C14H8BrNO3S2/c15-9-5-6-20-12(9)10(17)7-16-13(18)8-3-1-2-4-11(8)21-14(16)19/h1-6H,7H2. The normalized spacial score (nSPS) is 10.9. The maximum atomic E-state index is 12.3. The predicted octanol–water partition coefficient (Wildman–Crippen LogP) is 3.13. The van der Waals surface area contributed by atoms with Gasteiger partial charge in [-0.25, -0.2) is 0 Å². The molecule has 0 radical (unpaired) electrons. The first-order chi connectivity index (χ1) is 10.1. The van der Waals surface area contributed by atoms with E-state index in [1.54, 1.807) is 35.7 Å². The fourth-order valence-electron chi connectivity index (χ4n) is 1.95. The van der Waals surface area contributed by atoms with Crippen molar-refractivity contribution in [2.75, 3.05) is 0 Å². The fourth-order valence-corrected chi connectivity index (χ4v) is 4.34. The molecule has 0 aliphatic heterocycles. The average Bonchev–Trinajstić information content (AvgIpc) is 2.89. The summed E-state index contributed by atoms with van der Waals surface area (Å²) < 4.78 is 2.32. The molecule has 0 bridgehead atoms. The van der Waals surface area contributed by atoms with E-state index in [-0.39, 0.29) is 12.3 Å². The molecule has 4 nitrogen and oxygen atoms in total. The third kappa shape index (κ3) is 2.64. The van der Waals surface area contributed by atoms with Gasteiger partial charge < -0.3 is 0 Å². The van der Waals surface area contributed by atoms with Crippen LogP contribution in [-0.2, 0) is 6.54 Å². The molecule has 1 aromatic carbocycles. The highest BCUT2D eigenvalue weighted by molar-refractivity contribution is 9.10. The SMILES string of the molecule is O=C(Cn1c(=O)sc2ccccc2c1=O)c1sccc1Br. The number of thiophene rings is 1. The highest BCUT2D eigenvalue weighted by Gasteiger charge is 2.16. The third-order valence-corrected chi connectivity index (χ3v) is 5.80. The molecule has 3 aromatic rings. The number of benzene rings is 1. The van der Waals surface area contributed by atoms with Crippen molar-refractivity contribution in [3.05, 3.63) is 65.1 Å². The first kappa shape index (κ1) is 14.4. The van der Waals surface area contributed by atoms with Gasteiger partial charge in [-0.3, -0.25) is 19.0 Å². The van der Waals surface area contributed by atoms with E-state index in [4.69, 9.17) is 0 Å². The van der Waals surface area contributed by atoms with Crippen LogP contribution in [0.2, 0.25) is 0 Å². The number of hydrogen-bond donors (Lipinski definition) is 0. The fraction of sp³-hybridized carbons (Fsp3) is 0.0714. The predicted molar refractivity (Wildman–Crippen MR) is 88.7 cm³/mol. The van der Waals surface area contributed by atoms with Gasteiger partial charge in [0.1, 0.15) is 0 Å². The highest BCUT2D eigenvalue weighted by Crippen LogP contribution is 2.23. The van der Waals surface area contributed by atoms with Crippen LogP contribution in [0.5, 0.6) is 0 Å². The molecule has 2 aromatic heterocycles. The second-order valence-corrected chi connectivity index (χ2v) is 7.04. The number of aromatic nitrogens is 1. The first-order valence-corrected chi connectivity index (χ1v) is 8.45. The quantitative estimate of drug-likeness (QED) is 0.654. The Balaban J connectivity index is 2.09. The van der Waals surface area contributed by atoms with Gasteiger partial charge in [0.25, 0.3) is 5.56 Å². The summed E-state index contributed by atoms with van der Waals surface area (Å²) in [5, 5.41) is 2.24. The molecule has 0 N–H and O–H groups in total. The zero-order chi connectivity index (χ0) is 15.0. The molecule has 0 aliphatic carbocycles. The molecule has 0 unspecified atom stereocenters. The van der Waals surface area contributed by atoms with Crippen LogP contribution in [0.1, 0.15) is 9.67 Å². The molecule has 0 fully saturated rings. The number of Topliss-reactive ketones (excluding diaryl/α,β-unsaturated/α-hetero) is 1. The first-order valence-electron chi connectivity index (χ1n) is 5.97. The summed E-state index contributed by atoms with van der Waals surface area (Å²) in [6, 6.07) is 8.67. The smallest absolute Gasteiger partial charge is 0.291 e. The van der Waals surface area contributed by atoms with Crippen molar-refractivity contribution in [3.63, 3.8) is 0 Å². The van der Waals surface area contributed by atoms with Crippen LogP contribution in [0.4, 0.5) is 0 Å². The number of halogens is 1. The number of hydrogen-bond acceptors (Lipinski definition) is 5. The minimum Gasteiger partial charge on any atom is -0.291 e. The molecule has 0 saturated heterocycles. The number of nitrogens with zero attached hydrogens (tertiary/aromatic N) is 1. The van der Waals surface area contributed by atoms with E-state index in [0.717, 1.165) is 15.9 Å². The summed E-state index contributed by atoms with van der Waals surface area (Å²) in [5.41, 5.74) is -0.421. The lowest BCUT2D eigenvalue weighted by Crippen LogP contribution is -2.33. The lowest BCUT2D eigenvalue weighted by Gasteiger charge is -2.04. The molecule has 2 heterocycles. The summed E-state index contributed by atoms with van der Waals surface area (Å²) in [4.78, 5) is 36.7. The molecule has 3 rings (SSSR count). The Labute approximate surface area is 135 Å². The van der Waals surface area contributed by atoms with Gasteiger partial charge in [-0.15, -0.1) is 11.3 Å². The zero-order valence-electron chi connectivity index (χ0n) is 10.5. The van der Waals surface area contributed by atoms with Crippen molar-refractivity contribution in [2.45, 2.75) is 6.54 Å². The number of carbonyl (C=O) groups is 1. The van der Waals surface area contributed by atoms with Crippen molar-refractivity contribution in [1.82, 2.24) is 4.57 Å². The van der Waals surface area contributed by atoms with Crippen molar-refractivity contribution in [3.8, 4) is 0 Å². The van der Waals surface area contributed by atoms with Gasteiger partial charge in [-0.2, -0.15) is 0 Å². The lowest BCUT2D eigenvalue weighted by molar-refractivity contribution is 0.0973. The van der Waals surface area contributed by atoms with Crippen LogP contribution in [-0.4, -0.2) is 10.4 Å². The molecular formula is C14H8BrNO3S2. The van der Waals surface area contributed by atoms with Gasteiger partial charge in [0.15, 0.2) is 5.78 Å². The van der Waals surface area contributed by atoms with Crippen LogP contribution in [0.25, 0.3) is 10.1 Å². The van der Waals surface area contributed by atoms with E-state index in [0.29, 0.717) is 19.4 Å². The topological polar surface area (TPSA) is 56.1 Å². The number of fused-ring (bicyclic) bond motifs is 1. The molecule has 7 heteroatoms. The van der Waals surface area contributed by atoms with Crippen molar-refractivity contribution >= 4 is 54.5 Å². The average molecular weight is 382 g/mol. The molecular weight excluding hydrogens is 374 g/mol. The Morgan fingerprint density at radius 3 is 2.67 bits per heavy atom. The van der Waals surface area contributed by atoms with Crippen LogP contribution in [0.3, 0.4) is 0 Å². The van der Waals surface area contributed by atoms with E-state index >= 15 is 0 Å². The van der Waals surface area contributed by atoms with Crippen molar-refractivity contribution in [2.24, 2.45) is 0 Å². The highest BCUT2D eigenvalue weighted by atomic mass is 79.9. The number of carbonyl (C=O) groups excluding carboxylic acids is 1. The van der Waals surface area contributed by atoms with E-state index in [9.17, 15) is 14.4 Å². The van der Waals surface area contributed by atoms with E-state index in [1.165, 1.54) is 11.3 Å². The van der Waals surface area contributed by atoms with Crippen molar-refractivity contribution in [1.29, 1.82) is 0 Å². The lowest BCUT2D eigenvalue weighted by atomic mass is 10.3. The molecule has 0 aliphatic rings. The van der Waals surface area contributed by atoms with Crippen LogP contribution in [0.15, 0.2) is 49.8 Å². The Hall–Kier alpha value is -1.57. The van der Waals surface area contributed by atoms with Crippen LogP contribution in [0, 0.1) is 0 Å². The maximum absolute atomic E-state index is 12.3. The second kappa shape index (κ2) is 5.67. The van der Waals surface area contributed by atoms with Crippen molar-refractivity contribution < 1.29 is 4.79 Å². The third-order valence-electron chi connectivity index (χ3n) is 2.95. The Bertz CT molecular complexity index is 954. The molecule has 0 atom stereocenters. The molecule has 0 amide bonds. The zero-order valence-corrected chi connectivity index (χ0v) is 13.8. The summed E-state index contributed by atoms with van der Waals surface area (Å²) in [6.45, 7) is -0.238. The second-order valence-electron chi connectivity index (χ2n) is 4.28. The molecule has 21 heavy (non-hydrogen) atoms. The van der Waals surface area contributed by atoms with Gasteiger partial charge in [0.05, 0.1) is 16.8 Å². The number of ketones is 1. The van der Waals surface area contributed by atoms with Gasteiger partial charge in [-0.05, 0) is 39.5 Å². The maximum Gasteiger partial charge on any atom is 0.310 e. The monoisotopic (exact) mass is 381 g/mol. The van der Waals surface area contributed by atoms with Gasteiger partial charge in [0, 0.05) is 9.17 Å². The van der Waals surface area contributed by atoms with E-state index < -0.39 is 10.4 Å². The van der Waals surface area contributed by atoms with Gasteiger partial charge in [-0.1, -0.05) is 23.5 Å². The Kier molecular flexibility index (Phi) is 3.88. The Morgan fingerprint density at radius 1 is 1.19 bits per heavy atom. The summed E-state index contributed by atoms with van der Waals surface area (Å²) in [6.07, 6.45) is 0. The minimum atomic E-state index is -0.421. The molecule has 0 spiro atoms.